The summed E-state index contributed by atoms with van der Waals surface area (Å²) in [5, 5.41) is 4.76. The van der Waals surface area contributed by atoms with Gasteiger partial charge in [-0.05, 0) is 42.3 Å². The van der Waals surface area contributed by atoms with Crippen LogP contribution in [0.2, 0.25) is 0 Å². The molecular weight excluding hydrogens is 460 g/mol. The number of ether oxygens (including phenoxy) is 2. The number of nitrogens with zero attached hydrogens (tertiary/aromatic N) is 1. The standard InChI is InChI=1S/C21H23F2N3O6S/c1-31-16-5-2-4-14(10-16)12-24-20(27)21(28)25-13-19-26(8-3-9-32-19)33(29,30)18-11-15(22)6-7-17(18)23/h2,4-7,10-11,19H,3,8-9,12-13H2,1H3,(H,24,27)(H,25,28). The second-order valence-electron chi connectivity index (χ2n) is 7.11. The highest BCUT2D eigenvalue weighted by atomic mass is 32.2. The molecule has 0 radical (unpaired) electrons. The number of rotatable bonds is 7. The fourth-order valence-electron chi connectivity index (χ4n) is 3.21. The van der Waals surface area contributed by atoms with Gasteiger partial charge in [0.05, 0.1) is 20.3 Å². The molecule has 1 unspecified atom stereocenters. The van der Waals surface area contributed by atoms with Gasteiger partial charge in [-0.2, -0.15) is 4.31 Å². The van der Waals surface area contributed by atoms with Crippen LogP contribution < -0.4 is 15.4 Å². The van der Waals surface area contributed by atoms with E-state index < -0.39 is 44.6 Å². The number of sulfonamides is 1. The number of hydrogen-bond donors (Lipinski definition) is 2. The molecule has 0 aromatic heterocycles. The molecule has 1 aliphatic rings. The largest absolute Gasteiger partial charge is 0.497 e. The molecule has 9 nitrogen and oxygen atoms in total. The van der Waals surface area contributed by atoms with Gasteiger partial charge in [-0.25, -0.2) is 17.2 Å². The molecule has 12 heteroatoms. The molecule has 1 heterocycles. The molecular formula is C21H23F2N3O6S. The minimum atomic E-state index is -4.46. The lowest BCUT2D eigenvalue weighted by Gasteiger charge is -2.34. The number of hydrogen-bond acceptors (Lipinski definition) is 6. The summed E-state index contributed by atoms with van der Waals surface area (Å²) in [6.45, 7) is -0.120. The fourth-order valence-corrected chi connectivity index (χ4v) is 4.85. The van der Waals surface area contributed by atoms with Gasteiger partial charge in [-0.15, -0.1) is 0 Å². The first-order valence-corrected chi connectivity index (χ1v) is 11.4. The molecule has 3 rings (SSSR count). The Morgan fingerprint density at radius 3 is 2.67 bits per heavy atom. The van der Waals surface area contributed by atoms with E-state index in [4.69, 9.17) is 9.47 Å². The van der Waals surface area contributed by atoms with E-state index in [0.717, 1.165) is 16.4 Å². The average Bonchev–Trinajstić information content (AvgIpc) is 2.82. The molecule has 0 aliphatic carbocycles. The summed E-state index contributed by atoms with van der Waals surface area (Å²) >= 11 is 0. The zero-order valence-electron chi connectivity index (χ0n) is 17.7. The first-order chi connectivity index (χ1) is 15.7. The van der Waals surface area contributed by atoms with E-state index in [1.165, 1.54) is 7.11 Å². The maximum Gasteiger partial charge on any atom is 0.309 e. The highest BCUT2D eigenvalue weighted by Crippen LogP contribution is 2.25. The van der Waals surface area contributed by atoms with Crippen molar-refractivity contribution in [3.8, 4) is 5.75 Å². The Bertz CT molecular complexity index is 1130. The van der Waals surface area contributed by atoms with Crippen LogP contribution in [0.4, 0.5) is 8.78 Å². The Labute approximate surface area is 189 Å². The van der Waals surface area contributed by atoms with Crippen molar-refractivity contribution in [3.05, 3.63) is 59.7 Å². The van der Waals surface area contributed by atoms with Gasteiger partial charge in [0.1, 0.15) is 28.5 Å². The number of amides is 2. The van der Waals surface area contributed by atoms with Gasteiger partial charge in [-0.1, -0.05) is 12.1 Å². The Morgan fingerprint density at radius 2 is 1.91 bits per heavy atom. The SMILES string of the molecule is COc1cccc(CNC(=O)C(=O)NCC2OCCCN2S(=O)(=O)c2cc(F)ccc2F)c1. The van der Waals surface area contributed by atoms with Crippen LogP contribution in [0.5, 0.6) is 5.75 Å². The molecule has 178 valence electrons. The van der Waals surface area contributed by atoms with Crippen LogP contribution >= 0.6 is 0 Å². The van der Waals surface area contributed by atoms with E-state index in [1.807, 2.05) is 0 Å². The Balaban J connectivity index is 1.62. The highest BCUT2D eigenvalue weighted by Gasteiger charge is 2.36. The Hall–Kier alpha value is -3.09. The highest BCUT2D eigenvalue weighted by molar-refractivity contribution is 7.89. The molecule has 33 heavy (non-hydrogen) atoms. The first kappa shape index (κ1) is 24.6. The smallest absolute Gasteiger partial charge is 0.309 e. The van der Waals surface area contributed by atoms with Crippen molar-refractivity contribution >= 4 is 21.8 Å². The molecule has 1 atom stereocenters. The summed E-state index contributed by atoms with van der Waals surface area (Å²) < 4.78 is 64.8. The predicted molar refractivity (Wildman–Crippen MR) is 112 cm³/mol. The van der Waals surface area contributed by atoms with Crippen LogP contribution in [-0.4, -0.2) is 57.6 Å². The van der Waals surface area contributed by atoms with E-state index in [2.05, 4.69) is 10.6 Å². The van der Waals surface area contributed by atoms with Crippen LogP contribution in [-0.2, 0) is 30.9 Å². The third-order valence-corrected chi connectivity index (χ3v) is 6.77. The lowest BCUT2D eigenvalue weighted by atomic mass is 10.2. The molecule has 0 bridgehead atoms. The lowest BCUT2D eigenvalue weighted by Crippen LogP contribution is -2.53. The van der Waals surface area contributed by atoms with E-state index >= 15 is 0 Å². The minimum Gasteiger partial charge on any atom is -0.497 e. The summed E-state index contributed by atoms with van der Waals surface area (Å²) in [5.74, 6) is -3.36. The minimum absolute atomic E-state index is 0.0269. The second kappa shape index (κ2) is 10.7. The Kier molecular flexibility index (Phi) is 7.95. The number of methoxy groups -OCH3 is 1. The monoisotopic (exact) mass is 483 g/mol. The summed E-state index contributed by atoms with van der Waals surface area (Å²) in [4.78, 5) is 23.4. The van der Waals surface area contributed by atoms with Gasteiger partial charge in [0.2, 0.25) is 10.0 Å². The number of halogens is 2. The van der Waals surface area contributed by atoms with Crippen molar-refractivity contribution in [1.29, 1.82) is 0 Å². The maximum atomic E-state index is 14.1. The molecule has 0 saturated carbocycles. The van der Waals surface area contributed by atoms with Gasteiger partial charge in [0, 0.05) is 13.1 Å². The summed E-state index contributed by atoms with van der Waals surface area (Å²) in [6, 6.07) is 9.02. The number of carbonyl (C=O) groups is 2. The van der Waals surface area contributed by atoms with Gasteiger partial charge < -0.3 is 20.1 Å². The van der Waals surface area contributed by atoms with E-state index in [9.17, 15) is 26.8 Å². The van der Waals surface area contributed by atoms with Crippen LogP contribution in [0.25, 0.3) is 0 Å². The molecule has 1 aliphatic heterocycles. The Morgan fingerprint density at radius 1 is 1.15 bits per heavy atom. The number of nitrogens with one attached hydrogen (secondary N) is 2. The average molecular weight is 483 g/mol. The van der Waals surface area contributed by atoms with Crippen molar-refractivity contribution in [2.24, 2.45) is 0 Å². The van der Waals surface area contributed by atoms with E-state index in [-0.39, 0.29) is 26.2 Å². The normalized spacial score (nSPS) is 16.8. The van der Waals surface area contributed by atoms with Crippen molar-refractivity contribution in [3.63, 3.8) is 0 Å². The third-order valence-electron chi connectivity index (χ3n) is 4.86. The van der Waals surface area contributed by atoms with E-state index in [1.54, 1.807) is 24.3 Å². The predicted octanol–water partition coefficient (Wildman–Crippen LogP) is 1.14. The first-order valence-electron chi connectivity index (χ1n) is 10.00. The molecule has 2 amide bonds. The molecule has 2 N–H and O–H groups in total. The quantitative estimate of drug-likeness (QED) is 0.571. The van der Waals surface area contributed by atoms with Crippen LogP contribution in [0.15, 0.2) is 47.4 Å². The molecule has 0 spiro atoms. The van der Waals surface area contributed by atoms with Gasteiger partial charge >= 0.3 is 11.8 Å². The summed E-state index contributed by atoms with van der Waals surface area (Å²) in [7, 11) is -2.95. The maximum absolute atomic E-state index is 14.1. The lowest BCUT2D eigenvalue weighted by molar-refractivity contribution is -0.140. The van der Waals surface area contributed by atoms with Crippen LogP contribution in [0, 0.1) is 11.6 Å². The third kappa shape index (κ3) is 6.03. The zero-order valence-corrected chi connectivity index (χ0v) is 18.5. The molecule has 1 saturated heterocycles. The van der Waals surface area contributed by atoms with Crippen molar-refractivity contribution in [2.75, 3.05) is 26.8 Å². The molecule has 2 aromatic carbocycles. The van der Waals surface area contributed by atoms with Gasteiger partial charge in [-0.3, -0.25) is 9.59 Å². The topological polar surface area (TPSA) is 114 Å². The number of benzene rings is 2. The van der Waals surface area contributed by atoms with Crippen LogP contribution in [0.3, 0.4) is 0 Å². The van der Waals surface area contributed by atoms with Crippen LogP contribution in [0.1, 0.15) is 12.0 Å². The van der Waals surface area contributed by atoms with Crippen molar-refractivity contribution < 1.29 is 36.3 Å². The summed E-state index contributed by atoms with van der Waals surface area (Å²) in [5.41, 5.74) is 0.709. The van der Waals surface area contributed by atoms with Crippen molar-refractivity contribution in [1.82, 2.24) is 14.9 Å². The van der Waals surface area contributed by atoms with Gasteiger partial charge in [0.15, 0.2) is 0 Å². The molecule has 1 fully saturated rings. The van der Waals surface area contributed by atoms with Gasteiger partial charge in [0.25, 0.3) is 0 Å². The second-order valence-corrected chi connectivity index (χ2v) is 8.97. The summed E-state index contributed by atoms with van der Waals surface area (Å²) in [6.07, 6.45) is -0.872. The van der Waals surface area contributed by atoms with E-state index in [0.29, 0.717) is 23.8 Å². The fraction of sp³-hybridized carbons (Fsp3) is 0.333. The van der Waals surface area contributed by atoms with Crippen molar-refractivity contribution in [2.45, 2.75) is 24.1 Å². The molecule has 2 aromatic rings. The number of carbonyl (C=O) groups excluding carboxylic acids is 2. The zero-order chi connectivity index (χ0) is 24.0.